The number of rotatable bonds is 11. The summed E-state index contributed by atoms with van der Waals surface area (Å²) in [5.74, 6) is 1.50. The Morgan fingerprint density at radius 2 is 2.32 bits per heavy atom. The highest BCUT2D eigenvalue weighted by Crippen LogP contribution is 2.51. The van der Waals surface area contributed by atoms with E-state index in [2.05, 4.69) is 26.3 Å². The normalized spacial score (nSPS) is 27.9. The molecule has 22 heavy (non-hydrogen) atoms. The van der Waals surface area contributed by atoms with Crippen LogP contribution in [0.2, 0.25) is 0 Å². The quantitative estimate of drug-likeness (QED) is 0.253. The summed E-state index contributed by atoms with van der Waals surface area (Å²) < 4.78 is 25.7. The van der Waals surface area contributed by atoms with Gasteiger partial charge in [-0.1, -0.05) is 8.93 Å². The lowest BCUT2D eigenvalue weighted by molar-refractivity contribution is -0.0814. The van der Waals surface area contributed by atoms with Gasteiger partial charge in [0.15, 0.2) is 0 Å². The Balaban J connectivity index is 2.60. The Kier molecular flexibility index (Phi) is 12.0. The van der Waals surface area contributed by atoms with Gasteiger partial charge in [0.2, 0.25) is 0 Å². The summed E-state index contributed by atoms with van der Waals surface area (Å²) in [5, 5.41) is 12.7. The van der Waals surface area contributed by atoms with Gasteiger partial charge in [-0.05, 0) is 27.6 Å². The second kappa shape index (κ2) is 12.1. The van der Waals surface area contributed by atoms with Crippen LogP contribution in [0, 0.1) is 0 Å². The Morgan fingerprint density at radius 3 is 2.95 bits per heavy atom. The van der Waals surface area contributed by atoms with E-state index >= 15 is 0 Å². The van der Waals surface area contributed by atoms with E-state index in [1.54, 1.807) is 13.6 Å². The maximum Gasteiger partial charge on any atom is 0.345 e. The van der Waals surface area contributed by atoms with E-state index < -0.39 is 13.8 Å². The van der Waals surface area contributed by atoms with Gasteiger partial charge in [0.05, 0.1) is 19.3 Å². The molecule has 0 aromatic heterocycles. The molecule has 0 saturated carbocycles. The lowest BCUT2D eigenvalue weighted by atomic mass is 10.3. The summed E-state index contributed by atoms with van der Waals surface area (Å²) in [4.78, 5) is 0. The lowest BCUT2D eigenvalue weighted by Gasteiger charge is -2.40. The van der Waals surface area contributed by atoms with Crippen LogP contribution in [0.15, 0.2) is 0 Å². The molecule has 2 N–H and O–H groups in total. The number of hydrogen-bond acceptors (Lipinski definition) is 5. The van der Waals surface area contributed by atoms with Crippen molar-refractivity contribution in [3.05, 3.63) is 0 Å². The molecule has 132 valence electrons. The summed E-state index contributed by atoms with van der Waals surface area (Å²) in [6.07, 6.45) is 0.326. The molecule has 0 radical (unpaired) electrons. The fourth-order valence-electron chi connectivity index (χ4n) is 2.01. The van der Waals surface area contributed by atoms with Gasteiger partial charge in [-0.2, -0.15) is 4.67 Å². The Morgan fingerprint density at radius 1 is 1.55 bits per heavy atom. The largest absolute Gasteiger partial charge is 0.391 e. The first-order valence-electron chi connectivity index (χ1n) is 6.99. The van der Waals surface area contributed by atoms with Gasteiger partial charge in [0.25, 0.3) is 0 Å². The molecule has 0 aromatic rings. The van der Waals surface area contributed by atoms with Crippen LogP contribution in [0.3, 0.4) is 0 Å². The molecular formula is C11H22Cl2IN2O4PS. The van der Waals surface area contributed by atoms with Crippen molar-refractivity contribution >= 4 is 61.0 Å². The van der Waals surface area contributed by atoms with Gasteiger partial charge in [0, 0.05) is 37.0 Å². The minimum atomic E-state index is -3.19. The molecule has 1 heterocycles. The zero-order valence-corrected chi connectivity index (χ0v) is 17.5. The van der Waals surface area contributed by atoms with E-state index in [9.17, 15) is 9.67 Å². The Labute approximate surface area is 158 Å². The Bertz CT molecular complexity index is 362. The summed E-state index contributed by atoms with van der Waals surface area (Å²) in [7, 11) is -1.54. The second-order valence-electron chi connectivity index (χ2n) is 4.64. The van der Waals surface area contributed by atoms with Crippen LogP contribution in [0.4, 0.5) is 0 Å². The minimum absolute atomic E-state index is 0.205. The fraction of sp³-hybridized carbons (Fsp3) is 1.00. The number of halogens is 3. The smallest absolute Gasteiger partial charge is 0.345 e. The summed E-state index contributed by atoms with van der Waals surface area (Å²) in [6, 6.07) is 0. The molecule has 3 unspecified atom stereocenters. The summed E-state index contributed by atoms with van der Waals surface area (Å²) in [5.41, 5.74) is 0. The molecule has 1 aliphatic rings. The first-order chi connectivity index (χ1) is 10.6. The predicted molar refractivity (Wildman–Crippen MR) is 101 cm³/mol. The van der Waals surface area contributed by atoms with Gasteiger partial charge in [-0.25, -0.2) is 5.09 Å². The van der Waals surface area contributed by atoms with Crippen LogP contribution in [0.5, 0.6) is 0 Å². The molecule has 0 bridgehead atoms. The number of aliphatic hydroxyl groups is 1. The maximum absolute atomic E-state index is 12.9. The van der Waals surface area contributed by atoms with E-state index in [1.807, 2.05) is 0 Å². The molecule has 0 amide bonds. The molecular weight excluding hydrogens is 485 g/mol. The highest BCUT2D eigenvalue weighted by molar-refractivity contribution is 14.2. The third kappa shape index (κ3) is 7.29. The molecule has 11 heteroatoms. The minimum Gasteiger partial charge on any atom is -0.391 e. The molecule has 1 saturated heterocycles. The fourth-order valence-corrected chi connectivity index (χ4v) is 5.71. The predicted octanol–water partition coefficient (Wildman–Crippen LogP) is 3.06. The molecule has 6 nitrogen and oxygen atoms in total. The van der Waals surface area contributed by atoms with Crippen molar-refractivity contribution in [3.8, 4) is 0 Å². The highest BCUT2D eigenvalue weighted by atomic mass is 127. The number of nitrogens with zero attached hydrogens (tertiary/aromatic N) is 1. The van der Waals surface area contributed by atoms with Crippen LogP contribution in [-0.2, 0) is 13.8 Å². The van der Waals surface area contributed by atoms with Crippen molar-refractivity contribution in [2.24, 2.45) is 0 Å². The van der Waals surface area contributed by atoms with Crippen molar-refractivity contribution in [2.75, 3.05) is 43.8 Å². The van der Waals surface area contributed by atoms with Crippen molar-refractivity contribution in [1.29, 1.82) is 0 Å². The van der Waals surface area contributed by atoms with Crippen LogP contribution in [-0.4, -0.2) is 65.9 Å². The number of aliphatic hydroxyl groups excluding tert-OH is 1. The molecule has 1 rings (SSSR count). The van der Waals surface area contributed by atoms with Crippen molar-refractivity contribution in [3.63, 3.8) is 0 Å². The van der Waals surface area contributed by atoms with Gasteiger partial charge >= 0.3 is 7.67 Å². The van der Waals surface area contributed by atoms with Crippen LogP contribution in [0.1, 0.15) is 12.8 Å². The molecule has 0 aromatic carbocycles. The van der Waals surface area contributed by atoms with E-state index in [-0.39, 0.29) is 12.8 Å². The molecule has 1 aliphatic heterocycles. The first-order valence-corrected chi connectivity index (χ1v) is 13.2. The molecule has 3 atom stereocenters. The highest BCUT2D eigenvalue weighted by Gasteiger charge is 2.41. The van der Waals surface area contributed by atoms with Crippen molar-refractivity contribution < 1.29 is 18.9 Å². The number of alkyl halides is 2. The van der Waals surface area contributed by atoms with Crippen molar-refractivity contribution in [2.45, 2.75) is 25.2 Å². The SMILES string of the molecule is O=P1(NCCCl)OCCC(OCC(O)CCSI)N1CCCl. The van der Waals surface area contributed by atoms with Crippen LogP contribution < -0.4 is 5.09 Å². The average molecular weight is 507 g/mol. The van der Waals surface area contributed by atoms with Gasteiger partial charge < -0.3 is 14.4 Å². The first kappa shape index (κ1) is 21.7. The topological polar surface area (TPSA) is 71.0 Å². The van der Waals surface area contributed by atoms with Gasteiger partial charge in [-0.15, -0.1) is 23.2 Å². The maximum atomic E-state index is 12.9. The zero-order valence-electron chi connectivity index (χ0n) is 12.1. The summed E-state index contributed by atoms with van der Waals surface area (Å²) in [6.45, 7) is 1.28. The number of hydrogen-bond donors (Lipinski definition) is 2. The second-order valence-corrected chi connectivity index (χ2v) is 10.0. The summed E-state index contributed by atoms with van der Waals surface area (Å²) >= 11 is 13.6. The Hall–Kier alpha value is 1.69. The third-order valence-electron chi connectivity index (χ3n) is 3.03. The average Bonchev–Trinajstić information content (AvgIpc) is 2.52. The van der Waals surface area contributed by atoms with Gasteiger partial charge in [-0.3, -0.25) is 4.57 Å². The number of ether oxygens (including phenoxy) is 1. The van der Waals surface area contributed by atoms with E-state index in [0.717, 1.165) is 5.75 Å². The van der Waals surface area contributed by atoms with Crippen molar-refractivity contribution in [1.82, 2.24) is 9.76 Å². The molecule has 0 aliphatic carbocycles. The lowest BCUT2D eigenvalue weighted by Crippen LogP contribution is -2.45. The molecule has 1 fully saturated rings. The zero-order chi connectivity index (χ0) is 16.4. The monoisotopic (exact) mass is 506 g/mol. The third-order valence-corrected chi connectivity index (χ3v) is 7.39. The van der Waals surface area contributed by atoms with Gasteiger partial charge in [0.1, 0.15) is 6.23 Å². The van der Waals surface area contributed by atoms with E-state index in [4.69, 9.17) is 32.5 Å². The standard InChI is InChI=1S/C11H22Cl2IN2O4PS/c12-3-5-15-21(18)16(6-4-13)11(1-7-20-21)19-9-10(17)2-8-22-14/h10-11,17H,1-9H2,(H,15,18). The number of nitrogens with one attached hydrogen (secondary N) is 1. The van der Waals surface area contributed by atoms with E-state index in [0.29, 0.717) is 44.3 Å². The molecule has 0 spiro atoms. The van der Waals surface area contributed by atoms with Crippen LogP contribution >= 0.6 is 61.0 Å². The van der Waals surface area contributed by atoms with E-state index in [1.165, 1.54) is 0 Å². The van der Waals surface area contributed by atoms with Crippen LogP contribution in [0.25, 0.3) is 0 Å².